The lowest BCUT2D eigenvalue weighted by atomic mass is 10.0. The lowest BCUT2D eigenvalue weighted by molar-refractivity contribution is -0.671. The van der Waals surface area contributed by atoms with Crippen LogP contribution in [0.1, 0.15) is 32.1 Å². The first-order valence-corrected chi connectivity index (χ1v) is 12.8. The zero-order chi connectivity index (χ0) is 23.9. The summed E-state index contributed by atoms with van der Waals surface area (Å²) >= 11 is 0. The van der Waals surface area contributed by atoms with Crippen molar-refractivity contribution in [3.8, 4) is 27.9 Å². The van der Waals surface area contributed by atoms with Gasteiger partial charge in [-0.2, -0.15) is 4.57 Å². The summed E-state index contributed by atoms with van der Waals surface area (Å²) in [6.45, 7) is 1.05. The molecule has 0 bridgehead atoms. The number of hydrogen-bond acceptors (Lipinski definition) is 1. The summed E-state index contributed by atoms with van der Waals surface area (Å²) in [5, 5.41) is 3.58. The lowest BCUT2D eigenvalue weighted by Gasteiger charge is -2.09. The Bertz CT molecular complexity index is 1240. The highest BCUT2D eigenvalue weighted by Gasteiger charge is 2.09. The number of anilines is 1. The van der Waals surface area contributed by atoms with Crippen LogP contribution >= 0.6 is 0 Å². The number of pyridine rings is 2. The second-order valence-electron chi connectivity index (χ2n) is 9.56. The number of unbranched alkanes of at least 4 members (excludes halogenated alkanes) is 1. The van der Waals surface area contributed by atoms with Gasteiger partial charge >= 0.3 is 0 Å². The minimum atomic E-state index is 0.830. The van der Waals surface area contributed by atoms with Crippen LogP contribution in [0, 0.1) is 5.92 Å². The van der Waals surface area contributed by atoms with Crippen LogP contribution in [-0.2, 0) is 7.05 Å². The molecular formula is C32H35N3+2. The molecule has 1 N–H and O–H groups in total. The van der Waals surface area contributed by atoms with E-state index in [1.54, 1.807) is 0 Å². The van der Waals surface area contributed by atoms with Gasteiger partial charge in [0.05, 0.1) is 0 Å². The fourth-order valence-corrected chi connectivity index (χ4v) is 4.79. The van der Waals surface area contributed by atoms with Gasteiger partial charge in [0.15, 0.2) is 24.8 Å². The first-order valence-electron chi connectivity index (χ1n) is 12.8. The smallest absolute Gasteiger partial charge is 0.210 e. The topological polar surface area (TPSA) is 19.8 Å². The summed E-state index contributed by atoms with van der Waals surface area (Å²) in [5.74, 6) is 0.830. The number of hydrogen-bond donors (Lipinski definition) is 1. The summed E-state index contributed by atoms with van der Waals surface area (Å²) in [5.41, 5.74) is 7.29. The van der Waals surface area contributed by atoms with Crippen molar-refractivity contribution >= 4 is 5.69 Å². The van der Waals surface area contributed by atoms with Crippen LogP contribution in [0.4, 0.5) is 5.69 Å². The van der Waals surface area contributed by atoms with Gasteiger partial charge in [0, 0.05) is 48.6 Å². The molecule has 0 fully saturated rings. The van der Waals surface area contributed by atoms with Gasteiger partial charge in [-0.3, -0.25) is 0 Å². The highest BCUT2D eigenvalue weighted by Crippen LogP contribution is 2.24. The first kappa shape index (κ1) is 23.0. The zero-order valence-electron chi connectivity index (χ0n) is 20.6. The third-order valence-electron chi connectivity index (χ3n) is 6.97. The van der Waals surface area contributed by atoms with Crippen LogP contribution in [-0.4, -0.2) is 6.54 Å². The third kappa shape index (κ3) is 6.05. The minimum Gasteiger partial charge on any atom is -0.385 e. The summed E-state index contributed by atoms with van der Waals surface area (Å²) in [6.07, 6.45) is 19.6. The fraction of sp³-hybridized carbons (Fsp3) is 0.250. The molecule has 5 rings (SSSR count). The normalized spacial score (nSPS) is 14.8. The zero-order valence-corrected chi connectivity index (χ0v) is 20.6. The van der Waals surface area contributed by atoms with E-state index in [1.807, 2.05) is 7.05 Å². The van der Waals surface area contributed by atoms with Crippen LogP contribution in [0.15, 0.2) is 110 Å². The maximum atomic E-state index is 3.58. The summed E-state index contributed by atoms with van der Waals surface area (Å²) in [6, 6.07) is 26.2. The van der Waals surface area contributed by atoms with Crippen molar-refractivity contribution in [3.05, 3.63) is 110 Å². The van der Waals surface area contributed by atoms with Crippen LogP contribution < -0.4 is 14.5 Å². The Morgan fingerprint density at radius 3 is 1.94 bits per heavy atom. The largest absolute Gasteiger partial charge is 0.385 e. The Kier molecular flexibility index (Phi) is 7.33. The first-order chi connectivity index (χ1) is 17.2. The fourth-order valence-electron chi connectivity index (χ4n) is 4.79. The van der Waals surface area contributed by atoms with Crippen LogP contribution in [0.2, 0.25) is 0 Å². The van der Waals surface area contributed by atoms with E-state index < -0.39 is 0 Å². The number of nitrogens with zero attached hydrogens (tertiary/aromatic N) is 2. The van der Waals surface area contributed by atoms with E-state index in [0.717, 1.165) is 18.2 Å². The number of aromatic nitrogens is 2. The highest BCUT2D eigenvalue weighted by molar-refractivity contribution is 5.66. The second-order valence-corrected chi connectivity index (χ2v) is 9.56. The van der Waals surface area contributed by atoms with E-state index in [4.69, 9.17) is 0 Å². The van der Waals surface area contributed by atoms with E-state index in [1.165, 1.54) is 60.0 Å². The quantitative estimate of drug-likeness (QED) is 0.168. The van der Waals surface area contributed by atoms with Gasteiger partial charge in [0.2, 0.25) is 5.69 Å². The van der Waals surface area contributed by atoms with Crippen molar-refractivity contribution < 1.29 is 9.13 Å². The van der Waals surface area contributed by atoms with E-state index in [-0.39, 0.29) is 0 Å². The van der Waals surface area contributed by atoms with Gasteiger partial charge in [-0.05, 0) is 78.1 Å². The molecule has 35 heavy (non-hydrogen) atoms. The van der Waals surface area contributed by atoms with Gasteiger partial charge < -0.3 is 5.32 Å². The Morgan fingerprint density at radius 1 is 0.714 bits per heavy atom. The molecule has 2 heterocycles. The molecule has 0 saturated heterocycles. The standard InChI is InChI=1S/C32H34N3/c1-34-22-17-29(18-23-34)30-19-24-35(25-20-30)32-15-11-28(12-16-32)27-9-13-31(14-10-27)33-21-5-4-8-26-6-2-3-7-26/h2,6,9-20,22-26H,3-5,7-8,21H2,1H3/q+1/p+1/t26-/m1/s1. The van der Waals surface area contributed by atoms with Gasteiger partial charge in [-0.15, -0.1) is 0 Å². The number of aryl methyl sites for hydroxylation is 1. The number of benzene rings is 2. The van der Waals surface area contributed by atoms with Gasteiger partial charge in [-0.1, -0.05) is 30.7 Å². The maximum Gasteiger partial charge on any atom is 0.210 e. The Hall–Kier alpha value is -3.72. The van der Waals surface area contributed by atoms with E-state index in [2.05, 4.69) is 124 Å². The molecule has 3 nitrogen and oxygen atoms in total. The van der Waals surface area contributed by atoms with E-state index in [0.29, 0.717) is 0 Å². The van der Waals surface area contributed by atoms with Crippen molar-refractivity contribution in [1.82, 2.24) is 0 Å². The van der Waals surface area contributed by atoms with Crippen LogP contribution in [0.3, 0.4) is 0 Å². The molecular weight excluding hydrogens is 426 g/mol. The molecule has 1 aliphatic rings. The van der Waals surface area contributed by atoms with Gasteiger partial charge in [0.25, 0.3) is 0 Å². The number of rotatable bonds is 9. The van der Waals surface area contributed by atoms with Crippen LogP contribution in [0.5, 0.6) is 0 Å². The highest BCUT2D eigenvalue weighted by atomic mass is 14.9. The number of allylic oxidation sites excluding steroid dienone is 2. The van der Waals surface area contributed by atoms with Gasteiger partial charge in [0.1, 0.15) is 7.05 Å². The minimum absolute atomic E-state index is 0.830. The molecule has 2 aromatic carbocycles. The molecule has 0 amide bonds. The predicted molar refractivity (Wildman–Crippen MR) is 144 cm³/mol. The molecule has 176 valence electrons. The second kappa shape index (κ2) is 11.1. The van der Waals surface area contributed by atoms with E-state index in [9.17, 15) is 0 Å². The molecule has 1 atom stereocenters. The van der Waals surface area contributed by atoms with Gasteiger partial charge in [-0.25, -0.2) is 4.57 Å². The Balaban J connectivity index is 1.15. The molecule has 0 radical (unpaired) electrons. The molecule has 0 saturated carbocycles. The average molecular weight is 462 g/mol. The molecule has 4 aromatic rings. The number of nitrogens with one attached hydrogen (secondary N) is 1. The van der Waals surface area contributed by atoms with Crippen LogP contribution in [0.25, 0.3) is 27.9 Å². The molecule has 3 heteroatoms. The Morgan fingerprint density at radius 2 is 1.31 bits per heavy atom. The average Bonchev–Trinajstić information content (AvgIpc) is 3.43. The monoisotopic (exact) mass is 461 g/mol. The molecule has 0 spiro atoms. The van der Waals surface area contributed by atoms with Crippen molar-refractivity contribution in [2.24, 2.45) is 13.0 Å². The SMILES string of the molecule is C[n+]1ccc(-c2cc[n+](-c3ccc(-c4ccc(NCCCC[C@@H]5C=CCC5)cc4)cc3)cc2)cc1. The van der Waals surface area contributed by atoms with Crippen molar-refractivity contribution in [2.75, 3.05) is 11.9 Å². The van der Waals surface area contributed by atoms with Crippen molar-refractivity contribution in [3.63, 3.8) is 0 Å². The molecule has 0 aliphatic heterocycles. The summed E-state index contributed by atoms with van der Waals surface area (Å²) < 4.78 is 4.21. The van der Waals surface area contributed by atoms with E-state index >= 15 is 0 Å². The molecule has 1 aliphatic carbocycles. The Labute approximate surface area is 209 Å². The third-order valence-corrected chi connectivity index (χ3v) is 6.97. The summed E-state index contributed by atoms with van der Waals surface area (Å²) in [7, 11) is 2.04. The van der Waals surface area contributed by atoms with Crippen molar-refractivity contribution in [1.29, 1.82) is 0 Å². The predicted octanol–water partition coefficient (Wildman–Crippen LogP) is 6.67. The lowest BCUT2D eigenvalue weighted by Crippen LogP contribution is -2.29. The van der Waals surface area contributed by atoms with Crippen molar-refractivity contribution in [2.45, 2.75) is 32.1 Å². The summed E-state index contributed by atoms with van der Waals surface area (Å²) in [4.78, 5) is 0. The maximum absolute atomic E-state index is 3.58. The molecule has 0 unspecified atom stereocenters. The molecule has 2 aromatic heterocycles.